The number of nitrogens with one attached hydrogen (secondary N) is 1. The fourth-order valence-corrected chi connectivity index (χ4v) is 2.45. The number of thiazole rings is 1. The first-order valence-electron chi connectivity index (χ1n) is 4.04. The van der Waals surface area contributed by atoms with Crippen LogP contribution in [-0.4, -0.2) is 15.3 Å². The molecule has 0 aromatic carbocycles. The molecule has 0 spiro atoms. The van der Waals surface area contributed by atoms with E-state index in [-0.39, 0.29) is 11.5 Å². The van der Waals surface area contributed by atoms with Crippen molar-refractivity contribution in [2.45, 2.75) is 6.42 Å². The number of nitrogens with zero attached hydrogens (tertiary/aromatic N) is 2. The van der Waals surface area contributed by atoms with Gasteiger partial charge in [-0.3, -0.25) is 14.0 Å². The van der Waals surface area contributed by atoms with Crippen molar-refractivity contribution in [3.63, 3.8) is 0 Å². The van der Waals surface area contributed by atoms with E-state index in [9.17, 15) is 9.59 Å². The average Bonchev–Trinajstić information content (AvgIpc) is 2.48. The van der Waals surface area contributed by atoms with E-state index in [1.807, 2.05) is 5.38 Å². The molecule has 0 unspecified atom stereocenters. The molecule has 0 radical (unpaired) electrons. The third-order valence-electron chi connectivity index (χ3n) is 2.09. The lowest BCUT2D eigenvalue weighted by Gasteiger charge is -2.14. The molecule has 0 atom stereocenters. The summed E-state index contributed by atoms with van der Waals surface area (Å²) < 4.78 is 1.80. The maximum absolute atomic E-state index is 11.2. The number of anilines is 1. The van der Waals surface area contributed by atoms with E-state index in [0.29, 0.717) is 17.2 Å². The van der Waals surface area contributed by atoms with Crippen LogP contribution in [-0.2, 0) is 11.2 Å². The molecule has 6 heteroatoms. The van der Waals surface area contributed by atoms with Crippen LogP contribution in [0.2, 0.25) is 0 Å². The molecule has 3 rings (SSSR count). The van der Waals surface area contributed by atoms with Gasteiger partial charge in [0, 0.05) is 17.1 Å². The summed E-state index contributed by atoms with van der Waals surface area (Å²) >= 11 is 1.37. The van der Waals surface area contributed by atoms with E-state index in [1.165, 1.54) is 17.4 Å². The molecule has 14 heavy (non-hydrogen) atoms. The lowest BCUT2D eigenvalue weighted by Crippen LogP contribution is -2.25. The monoisotopic (exact) mass is 207 g/mol. The van der Waals surface area contributed by atoms with Gasteiger partial charge in [-0.25, -0.2) is 0 Å². The molecule has 3 heterocycles. The van der Waals surface area contributed by atoms with Crippen LogP contribution in [0, 0.1) is 0 Å². The highest BCUT2D eigenvalue weighted by molar-refractivity contribution is 7.15. The summed E-state index contributed by atoms with van der Waals surface area (Å²) in [6.07, 6.45) is 0.345. The van der Waals surface area contributed by atoms with Gasteiger partial charge in [-0.1, -0.05) is 0 Å². The summed E-state index contributed by atoms with van der Waals surface area (Å²) in [6.45, 7) is 0. The van der Waals surface area contributed by atoms with E-state index in [0.717, 1.165) is 5.69 Å². The largest absolute Gasteiger partial charge is 0.311 e. The number of rotatable bonds is 0. The summed E-state index contributed by atoms with van der Waals surface area (Å²) in [7, 11) is 0. The van der Waals surface area contributed by atoms with Gasteiger partial charge in [0.05, 0.1) is 6.42 Å². The third kappa shape index (κ3) is 0.912. The van der Waals surface area contributed by atoms with Crippen molar-refractivity contribution < 1.29 is 4.79 Å². The summed E-state index contributed by atoms with van der Waals surface area (Å²) in [5.74, 6) is 0.433. The first-order chi connectivity index (χ1) is 6.74. The molecule has 2 aromatic rings. The van der Waals surface area contributed by atoms with Crippen molar-refractivity contribution in [3.05, 3.63) is 27.5 Å². The van der Waals surface area contributed by atoms with Crippen molar-refractivity contribution in [3.8, 4) is 0 Å². The van der Waals surface area contributed by atoms with Crippen LogP contribution in [0.4, 0.5) is 5.82 Å². The fraction of sp³-hybridized carbons (Fsp3) is 0.125. The smallest absolute Gasteiger partial charge is 0.276 e. The number of carbonyl (C=O) groups excluding carboxylic acids is 1. The van der Waals surface area contributed by atoms with Crippen LogP contribution in [0.1, 0.15) is 5.69 Å². The normalized spacial score (nSPS) is 14.4. The van der Waals surface area contributed by atoms with E-state index in [2.05, 4.69) is 10.3 Å². The summed E-state index contributed by atoms with van der Waals surface area (Å²) in [5.41, 5.74) is 0.562. The van der Waals surface area contributed by atoms with Gasteiger partial charge in [0.25, 0.3) is 5.56 Å². The molecule has 0 bridgehead atoms. The van der Waals surface area contributed by atoms with Crippen LogP contribution in [0.15, 0.2) is 16.2 Å². The Morgan fingerprint density at radius 3 is 3.21 bits per heavy atom. The fourth-order valence-electron chi connectivity index (χ4n) is 1.56. The van der Waals surface area contributed by atoms with E-state index < -0.39 is 0 Å². The molecule has 1 aliphatic rings. The molecule has 1 aliphatic heterocycles. The topological polar surface area (TPSA) is 63.5 Å². The van der Waals surface area contributed by atoms with Crippen molar-refractivity contribution >= 4 is 28.0 Å². The Hall–Kier alpha value is -1.69. The second-order valence-corrected chi connectivity index (χ2v) is 3.89. The molecule has 70 valence electrons. The van der Waals surface area contributed by atoms with Gasteiger partial charge in [0.2, 0.25) is 5.91 Å². The quantitative estimate of drug-likeness (QED) is 0.673. The number of amides is 1. The Bertz CT molecular complexity index is 598. The van der Waals surface area contributed by atoms with Crippen molar-refractivity contribution in [1.82, 2.24) is 9.38 Å². The Morgan fingerprint density at radius 2 is 2.36 bits per heavy atom. The first kappa shape index (κ1) is 7.69. The average molecular weight is 207 g/mol. The Balaban J connectivity index is 2.49. The highest BCUT2D eigenvalue weighted by atomic mass is 32.1. The molecule has 2 aromatic heterocycles. The minimum absolute atomic E-state index is 0.0877. The van der Waals surface area contributed by atoms with Crippen LogP contribution in [0.5, 0.6) is 0 Å². The molecule has 0 saturated heterocycles. The molecular formula is C8H5N3O2S. The second-order valence-electron chi connectivity index (χ2n) is 3.05. The van der Waals surface area contributed by atoms with Crippen LogP contribution >= 0.6 is 11.3 Å². The molecular weight excluding hydrogens is 202 g/mol. The molecule has 1 N–H and O–H groups in total. The Kier molecular flexibility index (Phi) is 1.33. The zero-order valence-corrected chi connectivity index (χ0v) is 7.80. The molecule has 5 nitrogen and oxygen atoms in total. The third-order valence-corrected chi connectivity index (χ3v) is 2.97. The van der Waals surface area contributed by atoms with Gasteiger partial charge >= 0.3 is 0 Å². The number of hydrogen-bond acceptors (Lipinski definition) is 4. The second kappa shape index (κ2) is 2.42. The van der Waals surface area contributed by atoms with E-state index in [1.54, 1.807) is 4.40 Å². The maximum atomic E-state index is 11.2. The standard InChI is InChI=1S/C8H5N3O2S/c12-6-1-4-3-14-8-10-7(13)2-5(9-6)11(4)8/h2-3H,1H2,(H,9,12). The summed E-state index contributed by atoms with van der Waals surface area (Å²) in [5, 5.41) is 4.49. The van der Waals surface area contributed by atoms with Crippen LogP contribution in [0.3, 0.4) is 0 Å². The van der Waals surface area contributed by atoms with Crippen LogP contribution in [0.25, 0.3) is 4.96 Å². The SMILES string of the molecule is O=C1Cc2csc3nc(=O)cc(n23)N1. The lowest BCUT2D eigenvalue weighted by atomic mass is 10.3. The van der Waals surface area contributed by atoms with Crippen molar-refractivity contribution in [1.29, 1.82) is 0 Å². The Labute approximate surface area is 82.0 Å². The van der Waals surface area contributed by atoms with Gasteiger partial charge in [-0.05, 0) is 0 Å². The molecule has 0 fully saturated rings. The predicted octanol–water partition coefficient (Wildman–Crippen LogP) is 0.251. The summed E-state index contributed by atoms with van der Waals surface area (Å²) in [6, 6.07) is 1.33. The van der Waals surface area contributed by atoms with Gasteiger partial charge < -0.3 is 5.32 Å². The molecule has 0 saturated carbocycles. The highest BCUT2D eigenvalue weighted by Gasteiger charge is 2.18. The van der Waals surface area contributed by atoms with Crippen LogP contribution < -0.4 is 10.9 Å². The van der Waals surface area contributed by atoms with Crippen molar-refractivity contribution in [2.75, 3.05) is 5.32 Å². The van der Waals surface area contributed by atoms with Crippen molar-refractivity contribution in [2.24, 2.45) is 0 Å². The number of hydrogen-bond donors (Lipinski definition) is 1. The first-order valence-corrected chi connectivity index (χ1v) is 4.92. The zero-order chi connectivity index (χ0) is 9.71. The number of aromatic nitrogens is 2. The molecule has 0 aliphatic carbocycles. The van der Waals surface area contributed by atoms with Gasteiger partial charge in [0.1, 0.15) is 5.82 Å². The number of carbonyl (C=O) groups is 1. The lowest BCUT2D eigenvalue weighted by molar-refractivity contribution is -0.115. The van der Waals surface area contributed by atoms with E-state index in [4.69, 9.17) is 0 Å². The highest BCUT2D eigenvalue weighted by Crippen LogP contribution is 2.22. The van der Waals surface area contributed by atoms with Gasteiger partial charge in [-0.2, -0.15) is 4.98 Å². The minimum Gasteiger partial charge on any atom is -0.311 e. The minimum atomic E-state index is -0.324. The summed E-state index contributed by atoms with van der Waals surface area (Å²) in [4.78, 5) is 26.8. The molecule has 1 amide bonds. The predicted molar refractivity (Wildman–Crippen MR) is 51.7 cm³/mol. The van der Waals surface area contributed by atoms with Gasteiger partial charge in [-0.15, -0.1) is 11.3 Å². The zero-order valence-electron chi connectivity index (χ0n) is 6.98. The van der Waals surface area contributed by atoms with E-state index >= 15 is 0 Å². The van der Waals surface area contributed by atoms with Gasteiger partial charge in [0.15, 0.2) is 4.96 Å². The maximum Gasteiger partial charge on any atom is 0.276 e. The Morgan fingerprint density at radius 1 is 1.50 bits per heavy atom.